The summed E-state index contributed by atoms with van der Waals surface area (Å²) >= 11 is 0.872. The topological polar surface area (TPSA) is 82.1 Å². The SMILES string of the molecule is COc1ccc(C(=O)Oc2cccc(/C=C3\SC(=O)N(CCOc4cc(C)ccc4C)C3=O)c2)cc1. The van der Waals surface area contributed by atoms with Crippen LogP contribution in [0.4, 0.5) is 4.79 Å². The highest BCUT2D eigenvalue weighted by molar-refractivity contribution is 8.18. The molecule has 36 heavy (non-hydrogen) atoms. The number of hydrogen-bond donors (Lipinski definition) is 0. The molecule has 0 saturated carbocycles. The minimum atomic E-state index is -0.515. The number of rotatable bonds is 8. The molecule has 4 rings (SSSR count). The number of aryl methyl sites for hydroxylation is 2. The molecule has 0 N–H and O–H groups in total. The van der Waals surface area contributed by atoms with Gasteiger partial charge in [0.25, 0.3) is 11.1 Å². The van der Waals surface area contributed by atoms with Gasteiger partial charge < -0.3 is 14.2 Å². The van der Waals surface area contributed by atoms with Crippen molar-refractivity contribution in [1.29, 1.82) is 0 Å². The second-order valence-corrected chi connectivity index (χ2v) is 9.13. The van der Waals surface area contributed by atoms with Crippen LogP contribution in [0.1, 0.15) is 27.0 Å². The average Bonchev–Trinajstić information content (AvgIpc) is 3.13. The Morgan fingerprint density at radius 3 is 2.50 bits per heavy atom. The first-order valence-electron chi connectivity index (χ1n) is 11.3. The van der Waals surface area contributed by atoms with Crippen LogP contribution >= 0.6 is 11.8 Å². The summed E-state index contributed by atoms with van der Waals surface area (Å²) in [6.45, 7) is 4.27. The molecule has 0 bridgehead atoms. The van der Waals surface area contributed by atoms with E-state index in [0.29, 0.717) is 27.5 Å². The standard InChI is InChI=1S/C28H25NO6S/c1-18-7-8-19(2)24(15-18)34-14-13-29-26(30)25(36-28(29)32)17-20-5-4-6-23(16-20)35-27(31)21-9-11-22(33-3)12-10-21/h4-12,15-17H,13-14H2,1-3H3/b25-17-. The zero-order valence-corrected chi connectivity index (χ0v) is 21.0. The summed E-state index contributed by atoms with van der Waals surface area (Å²) in [6, 6.07) is 19.2. The maximum absolute atomic E-state index is 12.8. The van der Waals surface area contributed by atoms with Crippen LogP contribution in [0, 0.1) is 13.8 Å². The molecule has 2 amide bonds. The molecule has 1 fully saturated rings. The van der Waals surface area contributed by atoms with Crippen molar-refractivity contribution in [3.8, 4) is 17.2 Å². The van der Waals surface area contributed by atoms with Crippen molar-refractivity contribution < 1.29 is 28.6 Å². The number of ether oxygens (including phenoxy) is 3. The molecule has 1 aliphatic heterocycles. The zero-order valence-electron chi connectivity index (χ0n) is 20.1. The molecule has 184 valence electrons. The van der Waals surface area contributed by atoms with Crippen molar-refractivity contribution in [3.63, 3.8) is 0 Å². The predicted octanol–water partition coefficient (Wildman–Crippen LogP) is 5.65. The van der Waals surface area contributed by atoms with Gasteiger partial charge in [-0.15, -0.1) is 0 Å². The fraction of sp³-hybridized carbons (Fsp3) is 0.179. The van der Waals surface area contributed by atoms with Crippen molar-refractivity contribution in [2.24, 2.45) is 0 Å². The molecule has 0 radical (unpaired) electrons. The molecule has 0 spiro atoms. The highest BCUT2D eigenvalue weighted by Gasteiger charge is 2.34. The molecule has 3 aromatic rings. The maximum atomic E-state index is 12.8. The molecule has 7 nitrogen and oxygen atoms in total. The number of carbonyl (C=O) groups is 3. The molecule has 1 saturated heterocycles. The number of thioether (sulfide) groups is 1. The summed E-state index contributed by atoms with van der Waals surface area (Å²) in [5.41, 5.74) is 3.07. The van der Waals surface area contributed by atoms with Crippen LogP contribution in [0.3, 0.4) is 0 Å². The van der Waals surface area contributed by atoms with E-state index in [1.54, 1.807) is 61.7 Å². The molecule has 0 unspecified atom stereocenters. The minimum Gasteiger partial charge on any atom is -0.497 e. The smallest absolute Gasteiger partial charge is 0.343 e. The Hall–Kier alpha value is -4.04. The van der Waals surface area contributed by atoms with Crippen LogP contribution in [0.25, 0.3) is 6.08 Å². The Labute approximate surface area is 213 Å². The van der Waals surface area contributed by atoms with Gasteiger partial charge >= 0.3 is 5.97 Å². The van der Waals surface area contributed by atoms with Gasteiger partial charge in [-0.1, -0.05) is 24.3 Å². The number of imide groups is 1. The second-order valence-electron chi connectivity index (χ2n) is 8.14. The summed E-state index contributed by atoms with van der Waals surface area (Å²) in [4.78, 5) is 39.2. The molecular formula is C28H25NO6S. The molecule has 1 aliphatic rings. The van der Waals surface area contributed by atoms with Gasteiger partial charge in [-0.2, -0.15) is 0 Å². The average molecular weight is 504 g/mol. The quantitative estimate of drug-likeness (QED) is 0.223. The first kappa shape index (κ1) is 25.1. The Morgan fingerprint density at radius 2 is 1.75 bits per heavy atom. The van der Waals surface area contributed by atoms with Crippen molar-refractivity contribution in [2.45, 2.75) is 13.8 Å². The van der Waals surface area contributed by atoms with E-state index in [-0.39, 0.29) is 24.3 Å². The maximum Gasteiger partial charge on any atom is 0.343 e. The van der Waals surface area contributed by atoms with Crippen LogP contribution in [0.15, 0.2) is 71.6 Å². The Balaban J connectivity index is 1.39. The third-order valence-corrected chi connectivity index (χ3v) is 6.39. The van der Waals surface area contributed by atoms with Crippen LogP contribution < -0.4 is 14.2 Å². The highest BCUT2D eigenvalue weighted by atomic mass is 32.2. The lowest BCUT2D eigenvalue weighted by atomic mass is 10.1. The van der Waals surface area contributed by atoms with Gasteiger partial charge in [-0.05, 0) is 90.8 Å². The summed E-state index contributed by atoms with van der Waals surface area (Å²) < 4.78 is 16.4. The molecule has 0 aromatic heterocycles. The zero-order chi connectivity index (χ0) is 25.7. The van der Waals surface area contributed by atoms with Gasteiger partial charge in [0.15, 0.2) is 0 Å². The largest absolute Gasteiger partial charge is 0.497 e. The van der Waals surface area contributed by atoms with Crippen molar-refractivity contribution in [3.05, 3.63) is 93.9 Å². The van der Waals surface area contributed by atoms with Crippen molar-refractivity contribution in [2.75, 3.05) is 20.3 Å². The van der Waals surface area contributed by atoms with Crippen LogP contribution in [0.2, 0.25) is 0 Å². The molecule has 0 atom stereocenters. The van der Waals surface area contributed by atoms with E-state index in [1.165, 1.54) is 4.90 Å². The van der Waals surface area contributed by atoms with Gasteiger partial charge in [0.2, 0.25) is 0 Å². The highest BCUT2D eigenvalue weighted by Crippen LogP contribution is 2.32. The number of nitrogens with zero attached hydrogens (tertiary/aromatic N) is 1. The van der Waals surface area contributed by atoms with E-state index in [0.717, 1.165) is 28.6 Å². The van der Waals surface area contributed by atoms with Crippen LogP contribution in [0.5, 0.6) is 17.2 Å². The van der Waals surface area contributed by atoms with Gasteiger partial charge in [-0.25, -0.2) is 4.79 Å². The van der Waals surface area contributed by atoms with E-state index in [9.17, 15) is 14.4 Å². The summed E-state index contributed by atoms with van der Waals surface area (Å²) in [5, 5.41) is -0.349. The van der Waals surface area contributed by atoms with Gasteiger partial charge in [0.1, 0.15) is 23.9 Å². The van der Waals surface area contributed by atoms with Gasteiger partial charge in [0, 0.05) is 0 Å². The number of esters is 1. The Morgan fingerprint density at radius 1 is 0.972 bits per heavy atom. The molecule has 8 heteroatoms. The van der Waals surface area contributed by atoms with Crippen LogP contribution in [-0.4, -0.2) is 42.3 Å². The number of methoxy groups -OCH3 is 1. The monoisotopic (exact) mass is 503 g/mol. The predicted molar refractivity (Wildman–Crippen MR) is 138 cm³/mol. The van der Waals surface area contributed by atoms with E-state index in [2.05, 4.69) is 0 Å². The minimum absolute atomic E-state index is 0.148. The van der Waals surface area contributed by atoms with Gasteiger partial charge in [0.05, 0.1) is 24.1 Å². The lowest BCUT2D eigenvalue weighted by molar-refractivity contribution is -0.123. The van der Waals surface area contributed by atoms with Gasteiger partial charge in [-0.3, -0.25) is 14.5 Å². The lowest BCUT2D eigenvalue weighted by Gasteiger charge is -2.14. The van der Waals surface area contributed by atoms with E-state index in [1.807, 2.05) is 32.0 Å². The number of carbonyl (C=O) groups excluding carboxylic acids is 3. The van der Waals surface area contributed by atoms with E-state index in [4.69, 9.17) is 14.2 Å². The molecule has 3 aromatic carbocycles. The summed E-state index contributed by atoms with van der Waals surface area (Å²) in [5.74, 6) is 0.803. The fourth-order valence-electron chi connectivity index (χ4n) is 3.51. The normalized spacial score (nSPS) is 14.3. The second kappa shape index (κ2) is 11.1. The van der Waals surface area contributed by atoms with E-state index < -0.39 is 5.97 Å². The van der Waals surface area contributed by atoms with Crippen molar-refractivity contribution >= 4 is 35.0 Å². The Kier molecular flexibility index (Phi) is 7.75. The number of amides is 2. The lowest BCUT2D eigenvalue weighted by Crippen LogP contribution is -2.32. The summed E-state index contributed by atoms with van der Waals surface area (Å²) in [7, 11) is 1.55. The number of hydrogen-bond acceptors (Lipinski definition) is 7. The molecule has 1 heterocycles. The molecular weight excluding hydrogens is 478 g/mol. The molecule has 0 aliphatic carbocycles. The van der Waals surface area contributed by atoms with Crippen molar-refractivity contribution in [1.82, 2.24) is 4.90 Å². The number of benzene rings is 3. The van der Waals surface area contributed by atoms with Crippen LogP contribution in [-0.2, 0) is 4.79 Å². The third kappa shape index (κ3) is 5.95. The summed E-state index contributed by atoms with van der Waals surface area (Å²) in [6.07, 6.45) is 1.61. The van der Waals surface area contributed by atoms with E-state index >= 15 is 0 Å². The third-order valence-electron chi connectivity index (χ3n) is 5.48. The fourth-order valence-corrected chi connectivity index (χ4v) is 4.38. The Bertz CT molecular complexity index is 1330. The first-order valence-corrected chi connectivity index (χ1v) is 12.1. The first-order chi connectivity index (χ1) is 17.3.